The van der Waals surface area contributed by atoms with Crippen LogP contribution in [-0.4, -0.2) is 4.98 Å². The number of hydrogen-bond acceptors (Lipinski definition) is 1. The first-order valence-electron chi connectivity index (χ1n) is 7.60. The Bertz CT molecular complexity index is 856. The van der Waals surface area contributed by atoms with Crippen molar-refractivity contribution in [3.8, 4) is 0 Å². The number of halogens is 1. The van der Waals surface area contributed by atoms with Crippen molar-refractivity contribution < 1.29 is 4.39 Å². The predicted octanol–water partition coefficient (Wildman–Crippen LogP) is 5.04. The maximum atomic E-state index is 13.2. The molecule has 1 unspecified atom stereocenters. The SMILES string of the molecule is Fc1ccc(C[N+]2(c3ccncc3)C=Cc3ccccc32)cc1. The second-order valence-corrected chi connectivity index (χ2v) is 5.73. The second kappa shape index (κ2) is 5.45. The van der Waals surface area contributed by atoms with E-state index in [0.29, 0.717) is 4.48 Å². The first kappa shape index (κ1) is 13.9. The molecule has 1 aliphatic heterocycles. The van der Waals surface area contributed by atoms with Gasteiger partial charge in [0.1, 0.15) is 29.9 Å². The maximum Gasteiger partial charge on any atom is 0.150 e. The Kier molecular flexibility index (Phi) is 3.28. The summed E-state index contributed by atoms with van der Waals surface area (Å²) in [5, 5.41) is 0. The number of para-hydroxylation sites is 1. The molecule has 3 aromatic rings. The van der Waals surface area contributed by atoms with Gasteiger partial charge < -0.3 is 0 Å². The molecule has 0 aliphatic carbocycles. The van der Waals surface area contributed by atoms with Gasteiger partial charge in [0.15, 0.2) is 0 Å². The number of benzene rings is 2. The molecule has 23 heavy (non-hydrogen) atoms. The standard InChI is InChI=1S/C20H16FN2/c21-18-7-5-16(6-8-18)15-23(19-9-12-22-13-10-19)14-11-17-3-1-2-4-20(17)23/h1-14H,15H2/q+1. The number of quaternary nitrogens is 1. The Morgan fingerprint density at radius 3 is 2.39 bits per heavy atom. The van der Waals surface area contributed by atoms with Crippen LogP contribution < -0.4 is 4.48 Å². The van der Waals surface area contributed by atoms with E-state index in [1.165, 1.54) is 23.4 Å². The van der Waals surface area contributed by atoms with Crippen LogP contribution in [0, 0.1) is 5.82 Å². The molecule has 2 nitrogen and oxygen atoms in total. The number of fused-ring (bicyclic) bond motifs is 1. The molecule has 112 valence electrons. The van der Waals surface area contributed by atoms with E-state index in [2.05, 4.69) is 35.5 Å². The average Bonchev–Trinajstić information content (AvgIpc) is 2.98. The van der Waals surface area contributed by atoms with Gasteiger partial charge in [0, 0.05) is 47.8 Å². The van der Waals surface area contributed by atoms with E-state index >= 15 is 0 Å². The van der Waals surface area contributed by atoms with E-state index in [1.54, 1.807) is 0 Å². The number of aromatic nitrogens is 1. The summed E-state index contributed by atoms with van der Waals surface area (Å²) in [5.41, 5.74) is 4.67. The molecule has 4 rings (SSSR count). The number of nitrogens with zero attached hydrogens (tertiary/aromatic N) is 2. The third kappa shape index (κ3) is 2.35. The van der Waals surface area contributed by atoms with E-state index in [4.69, 9.17) is 0 Å². The Balaban J connectivity index is 1.86. The monoisotopic (exact) mass is 303 g/mol. The van der Waals surface area contributed by atoms with Crippen molar-refractivity contribution in [2.75, 3.05) is 0 Å². The quantitative estimate of drug-likeness (QED) is 0.617. The minimum absolute atomic E-state index is 0.207. The molecule has 0 N–H and O–H groups in total. The molecule has 2 heterocycles. The average molecular weight is 303 g/mol. The molecule has 1 aromatic heterocycles. The van der Waals surface area contributed by atoms with Gasteiger partial charge in [-0.1, -0.05) is 24.3 Å². The van der Waals surface area contributed by atoms with Crippen molar-refractivity contribution in [1.82, 2.24) is 9.47 Å². The molecule has 1 aliphatic rings. The van der Waals surface area contributed by atoms with Gasteiger partial charge in [-0.15, -0.1) is 0 Å². The minimum Gasteiger partial charge on any atom is -0.264 e. The summed E-state index contributed by atoms with van der Waals surface area (Å²) in [7, 11) is 0. The van der Waals surface area contributed by atoms with Crippen LogP contribution in [0.25, 0.3) is 6.08 Å². The van der Waals surface area contributed by atoms with Crippen LogP contribution in [0.5, 0.6) is 0 Å². The fraction of sp³-hybridized carbons (Fsp3) is 0.0500. The smallest absolute Gasteiger partial charge is 0.150 e. The molecule has 0 radical (unpaired) electrons. The van der Waals surface area contributed by atoms with Gasteiger partial charge >= 0.3 is 0 Å². The summed E-state index contributed by atoms with van der Waals surface area (Å²) in [6, 6.07) is 19.2. The number of hydrogen-bond donors (Lipinski definition) is 0. The zero-order valence-electron chi connectivity index (χ0n) is 12.6. The summed E-state index contributed by atoms with van der Waals surface area (Å²) < 4.78 is 13.8. The van der Waals surface area contributed by atoms with Crippen molar-refractivity contribution in [2.24, 2.45) is 0 Å². The van der Waals surface area contributed by atoms with E-state index in [9.17, 15) is 4.39 Å². The fourth-order valence-electron chi connectivity index (χ4n) is 3.22. The van der Waals surface area contributed by atoms with Crippen LogP contribution in [-0.2, 0) is 6.54 Å². The molecule has 3 heteroatoms. The van der Waals surface area contributed by atoms with Gasteiger partial charge in [-0.3, -0.25) is 4.98 Å². The predicted molar refractivity (Wildman–Crippen MR) is 91.3 cm³/mol. The van der Waals surface area contributed by atoms with E-state index < -0.39 is 0 Å². The lowest BCUT2D eigenvalue weighted by Gasteiger charge is -2.32. The van der Waals surface area contributed by atoms with Crippen molar-refractivity contribution in [1.29, 1.82) is 0 Å². The van der Waals surface area contributed by atoms with Crippen LogP contribution in [0.15, 0.2) is 79.3 Å². The highest BCUT2D eigenvalue weighted by molar-refractivity contribution is 5.78. The van der Waals surface area contributed by atoms with Crippen LogP contribution in [0.1, 0.15) is 11.1 Å². The molecular weight excluding hydrogens is 287 g/mol. The molecule has 0 saturated carbocycles. The van der Waals surface area contributed by atoms with E-state index in [1.807, 2.05) is 42.7 Å². The zero-order valence-corrected chi connectivity index (χ0v) is 12.6. The number of pyridine rings is 1. The first-order valence-corrected chi connectivity index (χ1v) is 7.60. The van der Waals surface area contributed by atoms with Gasteiger partial charge in [-0.2, -0.15) is 0 Å². The van der Waals surface area contributed by atoms with Crippen LogP contribution in [0.4, 0.5) is 15.8 Å². The van der Waals surface area contributed by atoms with Gasteiger partial charge in [0.25, 0.3) is 0 Å². The van der Waals surface area contributed by atoms with Gasteiger partial charge in [-0.05, 0) is 18.2 Å². The highest BCUT2D eigenvalue weighted by Crippen LogP contribution is 2.44. The van der Waals surface area contributed by atoms with Crippen molar-refractivity contribution in [3.63, 3.8) is 0 Å². The molecular formula is C20H16FN2+. The lowest BCUT2D eigenvalue weighted by molar-refractivity contribution is 0.506. The third-order valence-electron chi connectivity index (χ3n) is 4.34. The van der Waals surface area contributed by atoms with E-state index in [0.717, 1.165) is 17.8 Å². The van der Waals surface area contributed by atoms with E-state index in [-0.39, 0.29) is 5.82 Å². The van der Waals surface area contributed by atoms with Gasteiger partial charge in [-0.25, -0.2) is 8.87 Å². The highest BCUT2D eigenvalue weighted by Gasteiger charge is 2.37. The summed E-state index contributed by atoms with van der Waals surface area (Å²) in [5.74, 6) is -0.207. The largest absolute Gasteiger partial charge is 0.264 e. The lowest BCUT2D eigenvalue weighted by Crippen LogP contribution is -2.36. The topological polar surface area (TPSA) is 12.9 Å². The third-order valence-corrected chi connectivity index (χ3v) is 4.34. The zero-order chi connectivity index (χ0) is 15.7. The molecule has 0 fully saturated rings. The Labute approximate surface area is 134 Å². The molecule has 2 aromatic carbocycles. The normalized spacial score (nSPS) is 18.8. The van der Waals surface area contributed by atoms with Gasteiger partial charge in [0.2, 0.25) is 0 Å². The lowest BCUT2D eigenvalue weighted by atomic mass is 10.1. The van der Waals surface area contributed by atoms with Crippen LogP contribution >= 0.6 is 0 Å². The first-order chi connectivity index (χ1) is 11.3. The molecule has 0 spiro atoms. The second-order valence-electron chi connectivity index (χ2n) is 5.73. The maximum absolute atomic E-state index is 13.2. The van der Waals surface area contributed by atoms with Crippen LogP contribution in [0.3, 0.4) is 0 Å². The Morgan fingerprint density at radius 1 is 0.870 bits per heavy atom. The summed E-state index contributed by atoms with van der Waals surface area (Å²) in [6.07, 6.45) is 7.98. The van der Waals surface area contributed by atoms with Crippen molar-refractivity contribution in [2.45, 2.75) is 6.54 Å². The Hall–Kier alpha value is -2.78. The minimum atomic E-state index is -0.207. The summed E-state index contributed by atoms with van der Waals surface area (Å²) in [6.45, 7) is 0.734. The molecule has 0 saturated heterocycles. The Morgan fingerprint density at radius 2 is 1.61 bits per heavy atom. The highest BCUT2D eigenvalue weighted by atomic mass is 19.1. The van der Waals surface area contributed by atoms with Crippen LogP contribution in [0.2, 0.25) is 0 Å². The molecule has 0 bridgehead atoms. The fourth-order valence-corrected chi connectivity index (χ4v) is 3.22. The number of rotatable bonds is 3. The summed E-state index contributed by atoms with van der Waals surface area (Å²) in [4.78, 5) is 4.14. The summed E-state index contributed by atoms with van der Waals surface area (Å²) >= 11 is 0. The molecule has 0 amide bonds. The van der Waals surface area contributed by atoms with Crippen molar-refractivity contribution >= 4 is 17.5 Å². The van der Waals surface area contributed by atoms with Gasteiger partial charge in [0.05, 0.1) is 0 Å². The molecule has 1 atom stereocenters. The van der Waals surface area contributed by atoms with Crippen molar-refractivity contribution in [3.05, 3.63) is 96.2 Å².